The lowest BCUT2D eigenvalue weighted by molar-refractivity contribution is -0.383. The summed E-state index contributed by atoms with van der Waals surface area (Å²) < 4.78 is 0. The summed E-state index contributed by atoms with van der Waals surface area (Å²) in [6.07, 6.45) is 4.58. The van der Waals surface area contributed by atoms with Crippen LogP contribution in [-0.4, -0.2) is 32.6 Å². The molecule has 110 valence electrons. The maximum absolute atomic E-state index is 11.1. The highest BCUT2D eigenvalue weighted by Gasteiger charge is 2.26. The van der Waals surface area contributed by atoms with Crippen molar-refractivity contribution in [1.82, 2.24) is 9.97 Å². The summed E-state index contributed by atoms with van der Waals surface area (Å²) in [4.78, 5) is 18.1. The van der Waals surface area contributed by atoms with Gasteiger partial charge in [-0.2, -0.15) is 0 Å². The van der Waals surface area contributed by atoms with Crippen molar-refractivity contribution in [1.29, 1.82) is 0 Å². The molecule has 1 fully saturated rings. The van der Waals surface area contributed by atoms with Crippen molar-refractivity contribution >= 4 is 17.3 Å². The van der Waals surface area contributed by atoms with Crippen LogP contribution in [0, 0.1) is 16.0 Å². The molecule has 2 unspecified atom stereocenters. The van der Waals surface area contributed by atoms with E-state index in [4.69, 9.17) is 5.84 Å². The maximum Gasteiger partial charge on any atom is 0.354 e. The second-order valence-electron chi connectivity index (χ2n) is 4.81. The number of nitro groups is 1. The molecule has 9 nitrogen and oxygen atoms in total. The summed E-state index contributed by atoms with van der Waals surface area (Å²) in [5.74, 6) is 5.34. The van der Waals surface area contributed by atoms with Crippen LogP contribution in [0.4, 0.5) is 17.3 Å². The van der Waals surface area contributed by atoms with Gasteiger partial charge in [-0.15, -0.1) is 0 Å². The Morgan fingerprint density at radius 2 is 2.10 bits per heavy atom. The number of aliphatic hydroxyl groups excluding tert-OH is 1. The Balaban J connectivity index is 2.10. The molecule has 1 aromatic rings. The average molecular weight is 282 g/mol. The Bertz CT molecular complexity index is 483. The highest BCUT2D eigenvalue weighted by molar-refractivity contribution is 5.68. The minimum Gasteiger partial charge on any atom is -0.393 e. The van der Waals surface area contributed by atoms with E-state index in [1.54, 1.807) is 0 Å². The first kappa shape index (κ1) is 14.4. The normalized spacial score (nSPS) is 22.3. The molecule has 0 aromatic carbocycles. The first-order valence-electron chi connectivity index (χ1n) is 6.51. The second kappa shape index (κ2) is 6.44. The summed E-state index contributed by atoms with van der Waals surface area (Å²) >= 11 is 0. The van der Waals surface area contributed by atoms with Gasteiger partial charge in [-0.3, -0.25) is 10.1 Å². The van der Waals surface area contributed by atoms with Gasteiger partial charge in [0.2, 0.25) is 11.6 Å². The average Bonchev–Trinajstić information content (AvgIpc) is 2.45. The summed E-state index contributed by atoms with van der Waals surface area (Å²) in [5.41, 5.74) is 1.89. The third kappa shape index (κ3) is 3.11. The minimum atomic E-state index is -0.588. The molecule has 0 amide bonds. The quantitative estimate of drug-likeness (QED) is 0.350. The largest absolute Gasteiger partial charge is 0.393 e. The van der Waals surface area contributed by atoms with E-state index in [-0.39, 0.29) is 29.3 Å². The van der Waals surface area contributed by atoms with Gasteiger partial charge in [-0.25, -0.2) is 15.8 Å². The van der Waals surface area contributed by atoms with Crippen molar-refractivity contribution < 1.29 is 10.0 Å². The van der Waals surface area contributed by atoms with Gasteiger partial charge < -0.3 is 15.8 Å². The van der Waals surface area contributed by atoms with Crippen molar-refractivity contribution in [2.75, 3.05) is 17.3 Å². The molecule has 2 rings (SSSR count). The molecule has 5 N–H and O–H groups in total. The van der Waals surface area contributed by atoms with Crippen molar-refractivity contribution in [3.8, 4) is 0 Å². The molecular weight excluding hydrogens is 264 g/mol. The van der Waals surface area contributed by atoms with E-state index >= 15 is 0 Å². The molecule has 1 aromatic heterocycles. The number of aliphatic hydroxyl groups is 1. The third-order valence-electron chi connectivity index (χ3n) is 3.54. The highest BCUT2D eigenvalue weighted by Crippen LogP contribution is 2.30. The standard InChI is InChI=1S/C11H18N6O3/c12-16-11-9(17(19)20)10(14-6-15-11)13-5-7-3-1-2-4-8(7)18/h6-8,18H,1-5,12H2,(H2,13,14,15,16). The van der Waals surface area contributed by atoms with Gasteiger partial charge in [0.05, 0.1) is 11.0 Å². The topological polar surface area (TPSA) is 139 Å². The number of nitrogens with zero attached hydrogens (tertiary/aromatic N) is 3. The van der Waals surface area contributed by atoms with E-state index in [9.17, 15) is 15.2 Å². The van der Waals surface area contributed by atoms with Crippen LogP contribution in [0.2, 0.25) is 0 Å². The van der Waals surface area contributed by atoms with E-state index < -0.39 is 4.92 Å². The zero-order valence-corrected chi connectivity index (χ0v) is 11.0. The van der Waals surface area contributed by atoms with Crippen LogP contribution < -0.4 is 16.6 Å². The van der Waals surface area contributed by atoms with Crippen molar-refractivity contribution in [3.63, 3.8) is 0 Å². The van der Waals surface area contributed by atoms with Gasteiger partial charge in [-0.05, 0) is 12.8 Å². The summed E-state index contributed by atoms with van der Waals surface area (Å²) in [6.45, 7) is 0.434. The van der Waals surface area contributed by atoms with Gasteiger partial charge >= 0.3 is 5.69 Å². The van der Waals surface area contributed by atoms with Gasteiger partial charge in [0.25, 0.3) is 0 Å². The lowest BCUT2D eigenvalue weighted by atomic mass is 9.86. The number of nitrogens with two attached hydrogens (primary N) is 1. The molecule has 0 bridgehead atoms. The number of hydrogen-bond acceptors (Lipinski definition) is 8. The molecule has 1 heterocycles. The van der Waals surface area contributed by atoms with E-state index in [2.05, 4.69) is 20.7 Å². The zero-order chi connectivity index (χ0) is 14.5. The SMILES string of the molecule is NNc1ncnc(NCC2CCCCC2O)c1[N+](=O)[O-]. The molecule has 9 heteroatoms. The Morgan fingerprint density at radius 3 is 2.75 bits per heavy atom. The van der Waals surface area contributed by atoms with Crippen LogP contribution in [0.25, 0.3) is 0 Å². The predicted molar refractivity (Wildman–Crippen MR) is 73.0 cm³/mol. The number of rotatable bonds is 5. The van der Waals surface area contributed by atoms with Crippen LogP contribution in [0.15, 0.2) is 6.33 Å². The smallest absolute Gasteiger partial charge is 0.354 e. The summed E-state index contributed by atoms with van der Waals surface area (Å²) in [5, 5.41) is 23.9. The first-order chi connectivity index (χ1) is 9.63. The Morgan fingerprint density at radius 1 is 1.40 bits per heavy atom. The van der Waals surface area contributed by atoms with E-state index in [0.717, 1.165) is 25.7 Å². The van der Waals surface area contributed by atoms with Crippen LogP contribution >= 0.6 is 0 Å². The van der Waals surface area contributed by atoms with Gasteiger partial charge in [-0.1, -0.05) is 12.8 Å². The first-order valence-corrected chi connectivity index (χ1v) is 6.51. The fraction of sp³-hybridized carbons (Fsp3) is 0.636. The van der Waals surface area contributed by atoms with Gasteiger partial charge in [0, 0.05) is 12.5 Å². The molecular formula is C11H18N6O3. The monoisotopic (exact) mass is 282 g/mol. The summed E-state index contributed by atoms with van der Waals surface area (Å²) in [7, 11) is 0. The third-order valence-corrected chi connectivity index (χ3v) is 3.54. The number of anilines is 2. The van der Waals surface area contributed by atoms with Crippen LogP contribution in [0.1, 0.15) is 25.7 Å². The molecule has 0 spiro atoms. The van der Waals surface area contributed by atoms with E-state index in [1.165, 1.54) is 6.33 Å². The van der Waals surface area contributed by atoms with E-state index in [0.29, 0.717) is 6.54 Å². The minimum absolute atomic E-state index is 0.0447. The van der Waals surface area contributed by atoms with Gasteiger partial charge in [0.1, 0.15) is 6.33 Å². The fourth-order valence-electron chi connectivity index (χ4n) is 2.44. The van der Waals surface area contributed by atoms with E-state index in [1.807, 2.05) is 0 Å². The number of hydrogen-bond donors (Lipinski definition) is 4. The molecule has 1 saturated carbocycles. The predicted octanol–water partition coefficient (Wildman–Crippen LogP) is 0.633. The maximum atomic E-state index is 11.1. The lowest BCUT2D eigenvalue weighted by Gasteiger charge is -2.27. The van der Waals surface area contributed by atoms with Crippen LogP contribution in [0.5, 0.6) is 0 Å². The summed E-state index contributed by atoms with van der Waals surface area (Å²) in [6, 6.07) is 0. The van der Waals surface area contributed by atoms with Crippen molar-refractivity contribution in [2.24, 2.45) is 11.8 Å². The fourth-order valence-corrected chi connectivity index (χ4v) is 2.44. The Kier molecular flexibility index (Phi) is 4.64. The van der Waals surface area contributed by atoms with Crippen molar-refractivity contribution in [2.45, 2.75) is 31.8 Å². The molecule has 0 saturated heterocycles. The second-order valence-corrected chi connectivity index (χ2v) is 4.81. The highest BCUT2D eigenvalue weighted by atomic mass is 16.6. The molecule has 0 radical (unpaired) electrons. The molecule has 1 aliphatic rings. The number of nitrogens with one attached hydrogen (secondary N) is 2. The van der Waals surface area contributed by atoms with Crippen LogP contribution in [0.3, 0.4) is 0 Å². The molecule has 1 aliphatic carbocycles. The number of nitrogen functional groups attached to an aromatic ring is 1. The Labute approximate surface area is 115 Å². The van der Waals surface area contributed by atoms with Gasteiger partial charge in [0.15, 0.2) is 0 Å². The number of aromatic nitrogens is 2. The number of hydrazine groups is 1. The van der Waals surface area contributed by atoms with Crippen LogP contribution in [-0.2, 0) is 0 Å². The zero-order valence-electron chi connectivity index (χ0n) is 11.0. The molecule has 2 atom stereocenters. The molecule has 20 heavy (non-hydrogen) atoms. The Hall–Kier alpha value is -2.00. The molecule has 0 aliphatic heterocycles. The van der Waals surface area contributed by atoms with Crippen molar-refractivity contribution in [3.05, 3.63) is 16.4 Å². The lowest BCUT2D eigenvalue weighted by Crippen LogP contribution is -2.30.